The molecule has 4 nitrogen and oxygen atoms in total. The van der Waals surface area contributed by atoms with Crippen molar-refractivity contribution in [3.05, 3.63) is 47.3 Å². The fourth-order valence-corrected chi connectivity index (χ4v) is 3.22. The van der Waals surface area contributed by atoms with Crippen LogP contribution in [0.5, 0.6) is 0 Å². The predicted molar refractivity (Wildman–Crippen MR) is 78.3 cm³/mol. The van der Waals surface area contributed by atoms with Gasteiger partial charge in [0.2, 0.25) is 0 Å². The Hall–Kier alpha value is -1.75. The molecule has 5 heteroatoms. The van der Waals surface area contributed by atoms with E-state index < -0.39 is 0 Å². The van der Waals surface area contributed by atoms with Crippen molar-refractivity contribution in [1.29, 1.82) is 0 Å². The molecule has 0 saturated heterocycles. The van der Waals surface area contributed by atoms with Gasteiger partial charge in [0, 0.05) is 0 Å². The number of aryl methyl sites for hydroxylation is 1. The Labute approximate surface area is 123 Å². The van der Waals surface area contributed by atoms with Crippen LogP contribution in [0.4, 0.5) is 0 Å². The Morgan fingerprint density at radius 3 is 3.05 bits per heavy atom. The summed E-state index contributed by atoms with van der Waals surface area (Å²) in [5.41, 5.74) is 3.04. The molecule has 1 unspecified atom stereocenters. The van der Waals surface area contributed by atoms with Crippen molar-refractivity contribution in [3.63, 3.8) is 0 Å². The summed E-state index contributed by atoms with van der Waals surface area (Å²) in [5.74, 6) is -0.374. The van der Waals surface area contributed by atoms with Crippen molar-refractivity contribution in [2.24, 2.45) is 0 Å². The molecular formula is C15H16N2O2S. The number of hydrogen-bond donors (Lipinski definition) is 1. The molecule has 1 heterocycles. The molecule has 0 aliphatic heterocycles. The number of aromatic nitrogens is 2. The lowest BCUT2D eigenvalue weighted by Gasteiger charge is -2.28. The summed E-state index contributed by atoms with van der Waals surface area (Å²) >= 11 is 4.40. The van der Waals surface area contributed by atoms with E-state index in [1.54, 1.807) is 0 Å². The molecule has 20 heavy (non-hydrogen) atoms. The Bertz CT molecular complexity index is 651. The summed E-state index contributed by atoms with van der Waals surface area (Å²) in [7, 11) is 1.38. The first-order valence-corrected chi connectivity index (χ1v) is 7.09. The van der Waals surface area contributed by atoms with Gasteiger partial charge in [-0.3, -0.25) is 0 Å². The van der Waals surface area contributed by atoms with Gasteiger partial charge < -0.3 is 9.30 Å². The van der Waals surface area contributed by atoms with E-state index in [1.807, 2.05) is 10.6 Å². The first-order chi connectivity index (χ1) is 9.72. The van der Waals surface area contributed by atoms with Crippen LogP contribution in [0.2, 0.25) is 0 Å². The van der Waals surface area contributed by atoms with Crippen LogP contribution in [0.15, 0.2) is 35.6 Å². The molecule has 0 N–H and O–H groups in total. The minimum absolute atomic E-state index is 0.101. The lowest BCUT2D eigenvalue weighted by Crippen LogP contribution is -2.21. The maximum atomic E-state index is 11.9. The lowest BCUT2D eigenvalue weighted by atomic mass is 9.87. The average molecular weight is 288 g/mol. The van der Waals surface area contributed by atoms with Crippen molar-refractivity contribution in [2.75, 3.05) is 7.11 Å². The highest BCUT2D eigenvalue weighted by molar-refractivity contribution is 7.80. The van der Waals surface area contributed by atoms with E-state index in [0.717, 1.165) is 19.3 Å². The van der Waals surface area contributed by atoms with Crippen molar-refractivity contribution in [2.45, 2.75) is 30.5 Å². The first-order valence-electron chi connectivity index (χ1n) is 6.64. The molecule has 1 aliphatic rings. The molecule has 1 aromatic heterocycles. The molecule has 2 aromatic rings. The zero-order chi connectivity index (χ0) is 14.1. The molecule has 1 aliphatic carbocycles. The second-order valence-corrected chi connectivity index (χ2v) is 5.31. The fourth-order valence-electron chi connectivity index (χ4n) is 2.91. The number of hydrogen-bond acceptors (Lipinski definition) is 4. The Balaban J connectivity index is 2.11. The summed E-state index contributed by atoms with van der Waals surface area (Å²) in [5, 5.41) is 0.548. The number of methoxy groups -OCH3 is 1. The van der Waals surface area contributed by atoms with E-state index in [0.29, 0.717) is 10.9 Å². The molecule has 0 bridgehead atoms. The van der Waals surface area contributed by atoms with Gasteiger partial charge in [-0.05, 0) is 30.4 Å². The summed E-state index contributed by atoms with van der Waals surface area (Å²) in [6.07, 6.45) is 4.68. The van der Waals surface area contributed by atoms with Crippen LogP contribution >= 0.6 is 12.6 Å². The van der Waals surface area contributed by atoms with Gasteiger partial charge in [0.05, 0.1) is 19.3 Å². The largest absolute Gasteiger partial charge is 0.464 e. The van der Waals surface area contributed by atoms with Gasteiger partial charge in [-0.25, -0.2) is 9.78 Å². The van der Waals surface area contributed by atoms with Gasteiger partial charge in [-0.15, -0.1) is 12.6 Å². The monoisotopic (exact) mass is 288 g/mol. The highest BCUT2D eigenvalue weighted by Crippen LogP contribution is 2.35. The molecular weight excluding hydrogens is 272 g/mol. The zero-order valence-electron chi connectivity index (χ0n) is 11.2. The van der Waals surface area contributed by atoms with Crippen LogP contribution in [0, 0.1) is 0 Å². The topological polar surface area (TPSA) is 44.1 Å². The van der Waals surface area contributed by atoms with Gasteiger partial charge in [0.15, 0.2) is 5.16 Å². The standard InChI is InChI=1S/C15H16N2O2S/c1-19-14(18)13-9-16-15(20)17(13)12-8-4-6-10-5-2-3-7-11(10)12/h2-3,5,7,9,12H,4,6,8H2,1H3,(H,16,20). The normalized spacial score (nSPS) is 17.6. The molecule has 0 saturated carbocycles. The molecule has 104 valence electrons. The van der Waals surface area contributed by atoms with Gasteiger partial charge in [0.1, 0.15) is 5.69 Å². The zero-order valence-corrected chi connectivity index (χ0v) is 12.1. The molecule has 1 aromatic carbocycles. The maximum absolute atomic E-state index is 11.9. The van der Waals surface area contributed by atoms with Gasteiger partial charge in [-0.2, -0.15) is 0 Å². The Kier molecular flexibility index (Phi) is 3.53. The third kappa shape index (κ3) is 2.12. The van der Waals surface area contributed by atoms with Crippen LogP contribution in [0.25, 0.3) is 0 Å². The van der Waals surface area contributed by atoms with E-state index in [2.05, 4.69) is 35.8 Å². The molecule has 0 spiro atoms. The quantitative estimate of drug-likeness (QED) is 0.682. The third-order valence-corrected chi connectivity index (χ3v) is 4.15. The predicted octanol–water partition coefficient (Wildman–Crippen LogP) is 2.88. The number of fused-ring (bicyclic) bond motifs is 1. The Morgan fingerprint density at radius 2 is 2.25 bits per heavy atom. The van der Waals surface area contributed by atoms with Gasteiger partial charge in [0.25, 0.3) is 0 Å². The number of carbonyl (C=O) groups is 1. The number of esters is 1. The maximum Gasteiger partial charge on any atom is 0.356 e. The molecule has 0 radical (unpaired) electrons. The molecule has 3 rings (SSSR count). The smallest absolute Gasteiger partial charge is 0.356 e. The van der Waals surface area contributed by atoms with Crippen molar-refractivity contribution in [3.8, 4) is 0 Å². The van der Waals surface area contributed by atoms with Crippen molar-refractivity contribution < 1.29 is 9.53 Å². The van der Waals surface area contributed by atoms with Crippen LogP contribution in [-0.4, -0.2) is 22.6 Å². The average Bonchev–Trinajstić information content (AvgIpc) is 2.87. The number of nitrogens with zero attached hydrogens (tertiary/aromatic N) is 2. The van der Waals surface area contributed by atoms with Crippen LogP contribution < -0.4 is 0 Å². The second kappa shape index (κ2) is 5.32. The third-order valence-electron chi connectivity index (χ3n) is 3.82. The summed E-state index contributed by atoms with van der Waals surface area (Å²) in [4.78, 5) is 16.0. The van der Waals surface area contributed by atoms with E-state index in [1.165, 1.54) is 24.4 Å². The number of benzene rings is 1. The van der Waals surface area contributed by atoms with Gasteiger partial charge >= 0.3 is 5.97 Å². The van der Waals surface area contributed by atoms with Gasteiger partial charge in [-0.1, -0.05) is 24.3 Å². The van der Waals surface area contributed by atoms with E-state index in [4.69, 9.17) is 4.74 Å². The SMILES string of the molecule is COC(=O)c1cnc(S)n1C1CCCc2ccccc21. The lowest BCUT2D eigenvalue weighted by molar-refractivity contribution is 0.0585. The van der Waals surface area contributed by atoms with E-state index >= 15 is 0 Å². The summed E-state index contributed by atoms with van der Waals surface area (Å²) in [6, 6.07) is 8.45. The molecule has 1 atom stereocenters. The van der Waals surface area contributed by atoms with E-state index in [9.17, 15) is 4.79 Å². The number of carbonyl (C=O) groups excluding carboxylic acids is 1. The van der Waals surface area contributed by atoms with Crippen molar-refractivity contribution in [1.82, 2.24) is 9.55 Å². The minimum Gasteiger partial charge on any atom is -0.464 e. The van der Waals surface area contributed by atoms with Crippen LogP contribution in [0.3, 0.4) is 0 Å². The minimum atomic E-state index is -0.374. The molecule has 0 amide bonds. The summed E-state index contributed by atoms with van der Waals surface area (Å²) < 4.78 is 6.72. The van der Waals surface area contributed by atoms with E-state index in [-0.39, 0.29) is 12.0 Å². The summed E-state index contributed by atoms with van der Waals surface area (Å²) in [6.45, 7) is 0. The van der Waals surface area contributed by atoms with Crippen molar-refractivity contribution >= 4 is 18.6 Å². The number of rotatable bonds is 2. The first kappa shape index (κ1) is 13.2. The number of ether oxygens (including phenoxy) is 1. The second-order valence-electron chi connectivity index (χ2n) is 4.91. The van der Waals surface area contributed by atoms with Crippen LogP contribution in [-0.2, 0) is 11.2 Å². The number of thiol groups is 1. The highest BCUT2D eigenvalue weighted by Gasteiger charge is 2.27. The fraction of sp³-hybridized carbons (Fsp3) is 0.333. The highest BCUT2D eigenvalue weighted by atomic mass is 32.1. The number of imidazole rings is 1. The van der Waals surface area contributed by atoms with Crippen LogP contribution in [0.1, 0.15) is 40.5 Å². The molecule has 0 fully saturated rings. The Morgan fingerprint density at radius 1 is 1.45 bits per heavy atom.